The molecule has 0 radical (unpaired) electrons. The van der Waals surface area contributed by atoms with E-state index in [0.717, 1.165) is 65.9 Å². The number of pyridine rings is 1. The molecule has 1 aromatic carbocycles. The summed E-state index contributed by atoms with van der Waals surface area (Å²) in [5.74, 6) is 0.00264. The predicted molar refractivity (Wildman–Crippen MR) is 126 cm³/mol. The van der Waals surface area contributed by atoms with Crippen molar-refractivity contribution in [2.24, 2.45) is 5.41 Å². The smallest absolute Gasteiger partial charge is 0.310 e. The van der Waals surface area contributed by atoms with Crippen LogP contribution in [-0.2, 0) is 16.8 Å². The van der Waals surface area contributed by atoms with Crippen LogP contribution >= 0.6 is 10.2 Å². The molecule has 5 rings (SSSR count). The third kappa shape index (κ3) is 4.17. The van der Waals surface area contributed by atoms with Gasteiger partial charge in [-0.2, -0.15) is 0 Å². The molecule has 1 fully saturated rings. The average molecular weight is 518 g/mol. The van der Waals surface area contributed by atoms with Gasteiger partial charge in [-0.3, -0.25) is 4.98 Å². The first-order valence-electron chi connectivity index (χ1n) is 12.2. The Labute approximate surface area is 202 Å². The lowest BCUT2D eigenvalue weighted by Crippen LogP contribution is -2.32. The van der Waals surface area contributed by atoms with Crippen molar-refractivity contribution in [3.8, 4) is 0 Å². The summed E-state index contributed by atoms with van der Waals surface area (Å²) in [6, 6.07) is 3.10. The van der Waals surface area contributed by atoms with E-state index in [1.165, 1.54) is 0 Å². The van der Waals surface area contributed by atoms with Gasteiger partial charge in [-0.15, -0.1) is 0 Å². The van der Waals surface area contributed by atoms with Crippen molar-refractivity contribution >= 4 is 10.2 Å². The van der Waals surface area contributed by atoms with Gasteiger partial charge in [0, 0.05) is 22.5 Å². The summed E-state index contributed by atoms with van der Waals surface area (Å²) in [4.78, 5) is 3.10. The molecule has 1 N–H and O–H groups in total. The predicted octanol–water partition coefficient (Wildman–Crippen LogP) is 8.76. The van der Waals surface area contributed by atoms with Gasteiger partial charge < -0.3 is 9.84 Å². The number of fused-ring (bicyclic) bond motifs is 4. The van der Waals surface area contributed by atoms with Gasteiger partial charge in [-0.25, -0.2) is 0 Å². The molecule has 2 aromatic rings. The minimum Gasteiger partial charge on any atom is -0.388 e. The molecular formula is C26H32F5NO2S. The van der Waals surface area contributed by atoms with Crippen molar-refractivity contribution < 1.29 is 29.3 Å². The van der Waals surface area contributed by atoms with Crippen LogP contribution in [0.4, 0.5) is 19.4 Å². The van der Waals surface area contributed by atoms with E-state index < -0.39 is 32.9 Å². The molecule has 35 heavy (non-hydrogen) atoms. The first kappa shape index (κ1) is 25.0. The maximum Gasteiger partial charge on any atom is 0.310 e. The number of hydrogen-bond donors (Lipinski definition) is 1. The molecule has 0 unspecified atom stereocenters. The van der Waals surface area contributed by atoms with E-state index in [9.17, 15) is 24.5 Å². The molecule has 0 saturated heterocycles. The Kier molecular flexibility index (Phi) is 4.98. The minimum atomic E-state index is -9.77. The van der Waals surface area contributed by atoms with E-state index in [1.54, 1.807) is 0 Å². The van der Waals surface area contributed by atoms with Gasteiger partial charge in [-0.05, 0) is 60.3 Å². The number of nitrogens with zero attached hydrogens (tertiary/aromatic N) is 1. The highest BCUT2D eigenvalue weighted by Gasteiger charge is 2.65. The lowest BCUT2D eigenvalue weighted by Gasteiger charge is -2.40. The van der Waals surface area contributed by atoms with Crippen molar-refractivity contribution in [3.05, 3.63) is 57.9 Å². The second-order valence-electron chi connectivity index (χ2n) is 11.6. The third-order valence-corrected chi connectivity index (χ3v) is 8.92. The van der Waals surface area contributed by atoms with E-state index in [2.05, 4.69) is 13.8 Å². The van der Waals surface area contributed by atoms with Crippen LogP contribution in [0.3, 0.4) is 0 Å². The Bertz CT molecular complexity index is 1190. The fourth-order valence-electron chi connectivity index (χ4n) is 6.32. The molecule has 3 aliphatic rings. The van der Waals surface area contributed by atoms with Gasteiger partial charge in [0.25, 0.3) is 0 Å². The first-order valence-corrected chi connectivity index (χ1v) is 14.1. The number of benzene rings is 1. The zero-order chi connectivity index (χ0) is 25.7. The Morgan fingerprint density at radius 1 is 1.00 bits per heavy atom. The summed E-state index contributed by atoms with van der Waals surface area (Å²) in [5, 5.41) is 11.3. The highest BCUT2D eigenvalue weighted by molar-refractivity contribution is 8.45. The molecule has 9 heteroatoms. The summed E-state index contributed by atoms with van der Waals surface area (Å²) in [7, 11) is -9.77. The highest BCUT2D eigenvalue weighted by Crippen LogP contribution is 3.02. The number of ether oxygens (including phenoxy) is 1. The van der Waals surface area contributed by atoms with Crippen LogP contribution < -0.4 is 0 Å². The van der Waals surface area contributed by atoms with Crippen LogP contribution in [0.5, 0.6) is 0 Å². The molecule has 2 aliphatic carbocycles. The van der Waals surface area contributed by atoms with Gasteiger partial charge >= 0.3 is 10.2 Å². The summed E-state index contributed by atoms with van der Waals surface area (Å²) in [6.45, 7) is 8.22. The molecule has 1 aliphatic heterocycles. The molecule has 1 saturated carbocycles. The summed E-state index contributed by atoms with van der Waals surface area (Å²) < 4.78 is 73.3. The quantitative estimate of drug-likeness (QED) is 0.414. The zero-order valence-electron chi connectivity index (χ0n) is 20.4. The van der Waals surface area contributed by atoms with E-state index in [1.807, 2.05) is 13.8 Å². The van der Waals surface area contributed by atoms with Crippen molar-refractivity contribution in [2.45, 2.75) is 94.8 Å². The lowest BCUT2D eigenvalue weighted by molar-refractivity contribution is -0.0580. The molecule has 194 valence electrons. The molecule has 2 heterocycles. The molecule has 3 nitrogen and oxygen atoms in total. The number of hydrogen-bond acceptors (Lipinski definition) is 3. The van der Waals surface area contributed by atoms with E-state index in [4.69, 9.17) is 9.72 Å². The van der Waals surface area contributed by atoms with E-state index in [-0.39, 0.29) is 11.3 Å². The topological polar surface area (TPSA) is 42.4 Å². The van der Waals surface area contributed by atoms with Crippen LogP contribution in [0.25, 0.3) is 0 Å². The van der Waals surface area contributed by atoms with Crippen molar-refractivity contribution in [2.75, 3.05) is 0 Å². The maximum atomic E-state index is 13.3. The molecular weight excluding hydrogens is 485 g/mol. The number of aliphatic hydroxyl groups excluding tert-OH is 1. The monoisotopic (exact) mass is 517 g/mol. The van der Waals surface area contributed by atoms with Gasteiger partial charge in [-0.1, -0.05) is 72.1 Å². The second kappa shape index (κ2) is 6.98. The van der Waals surface area contributed by atoms with E-state index in [0.29, 0.717) is 30.5 Å². The van der Waals surface area contributed by atoms with Crippen LogP contribution in [0, 0.1) is 5.41 Å². The van der Waals surface area contributed by atoms with Gasteiger partial charge in [0.05, 0.1) is 11.7 Å². The Hall–Kier alpha value is -1.71. The van der Waals surface area contributed by atoms with Crippen LogP contribution in [0.1, 0.15) is 112 Å². The lowest BCUT2D eigenvalue weighted by atomic mass is 9.70. The fraction of sp³-hybridized carbons (Fsp3) is 0.577. The molecule has 0 bridgehead atoms. The third-order valence-electron chi connectivity index (χ3n) is 7.75. The molecule has 2 atom stereocenters. The zero-order valence-corrected chi connectivity index (χ0v) is 21.2. The average Bonchev–Trinajstić information content (AvgIpc) is 3.30. The largest absolute Gasteiger partial charge is 0.388 e. The second-order valence-corrected chi connectivity index (χ2v) is 14.0. The Morgan fingerprint density at radius 3 is 2.14 bits per heavy atom. The van der Waals surface area contributed by atoms with Gasteiger partial charge in [0.2, 0.25) is 0 Å². The normalized spacial score (nSPS) is 26.9. The van der Waals surface area contributed by atoms with Gasteiger partial charge in [0.1, 0.15) is 11.0 Å². The number of rotatable bonds is 3. The number of aliphatic hydroxyl groups is 1. The molecule has 1 spiro atoms. The number of aromatic nitrogens is 1. The van der Waals surface area contributed by atoms with Crippen molar-refractivity contribution in [1.29, 1.82) is 0 Å². The van der Waals surface area contributed by atoms with Crippen LogP contribution in [-0.4, -0.2) is 10.1 Å². The van der Waals surface area contributed by atoms with Crippen molar-refractivity contribution in [1.82, 2.24) is 4.98 Å². The maximum absolute atomic E-state index is 13.3. The summed E-state index contributed by atoms with van der Waals surface area (Å²) in [6.07, 6.45) is 3.20. The molecule has 0 amide bonds. The fourth-order valence-corrected chi connectivity index (χ4v) is 6.97. The summed E-state index contributed by atoms with van der Waals surface area (Å²) >= 11 is 0. The van der Waals surface area contributed by atoms with Crippen LogP contribution in [0.2, 0.25) is 0 Å². The Balaban J connectivity index is 1.73. The van der Waals surface area contributed by atoms with Gasteiger partial charge in [0.15, 0.2) is 0 Å². The highest BCUT2D eigenvalue weighted by atomic mass is 32.5. The summed E-state index contributed by atoms with van der Waals surface area (Å²) in [5.41, 5.74) is 3.81. The van der Waals surface area contributed by atoms with Crippen LogP contribution in [0.15, 0.2) is 29.2 Å². The Morgan fingerprint density at radius 2 is 1.60 bits per heavy atom. The first-order chi connectivity index (χ1) is 15.9. The standard InChI is InChI=1S/C26H32F5NO2S/c1-15(2)23-21-22(20-18(32-23)13-25(3,4)14-19(20)33)26(11-5-6-12-26)34-24(21)16-7-9-17(10-8-16)35(27,28,29,30)31/h7-10,15,19,24,33H,5-6,11-14H2,1-4H3/t19-,24+/m0/s1. The van der Waals surface area contributed by atoms with E-state index >= 15 is 0 Å². The number of halogens is 5. The SMILES string of the molecule is CC(C)c1nc2c(c3c1[C@@H](c1ccc(S(F)(F)(F)(F)F)cc1)OC31CCCC1)[C@@H](O)CC(C)(C)C2. The van der Waals surface area contributed by atoms with Crippen molar-refractivity contribution in [3.63, 3.8) is 0 Å². The minimum absolute atomic E-state index is 0.00264. The molecule has 1 aromatic heterocycles.